The van der Waals surface area contributed by atoms with Gasteiger partial charge in [-0.2, -0.15) is 0 Å². The molecule has 104 valence electrons. The fraction of sp³-hybridized carbons (Fsp3) is 0.0588. The Labute approximate surface area is 132 Å². The Morgan fingerprint density at radius 2 is 1.86 bits per heavy atom. The highest BCUT2D eigenvalue weighted by Crippen LogP contribution is 2.21. The van der Waals surface area contributed by atoms with Gasteiger partial charge in [0.05, 0.1) is 16.2 Å². The summed E-state index contributed by atoms with van der Waals surface area (Å²) in [5.74, 6) is 0.0296. The second-order valence-corrected chi connectivity index (χ2v) is 5.78. The average molecular weight is 314 g/mol. The number of carbonyl (C=O) groups excluding carboxylic acids is 1. The Kier molecular flexibility index (Phi) is 4.13. The minimum absolute atomic E-state index is 0.0296. The van der Waals surface area contributed by atoms with Crippen LogP contribution in [0.4, 0.5) is 0 Å². The molecule has 4 heteroatoms. The van der Waals surface area contributed by atoms with Gasteiger partial charge in [0.2, 0.25) is 0 Å². The van der Waals surface area contributed by atoms with Crippen molar-refractivity contribution < 1.29 is 4.79 Å². The summed E-state index contributed by atoms with van der Waals surface area (Å²) >= 11 is 7.62. The monoisotopic (exact) mass is 313 g/mol. The van der Waals surface area contributed by atoms with Crippen molar-refractivity contribution in [3.05, 3.63) is 75.6 Å². The zero-order valence-electron chi connectivity index (χ0n) is 11.1. The molecule has 3 aromatic rings. The lowest BCUT2D eigenvalue weighted by Gasteiger charge is -2.04. The van der Waals surface area contributed by atoms with Crippen molar-refractivity contribution in [1.82, 2.24) is 4.98 Å². The summed E-state index contributed by atoms with van der Waals surface area (Å²) in [7, 11) is 0. The predicted octanol–water partition coefficient (Wildman–Crippen LogP) is 4.89. The molecule has 21 heavy (non-hydrogen) atoms. The maximum absolute atomic E-state index is 12.3. The first-order valence-corrected chi connectivity index (χ1v) is 7.81. The Morgan fingerprint density at radius 1 is 1.10 bits per heavy atom. The van der Waals surface area contributed by atoms with Crippen molar-refractivity contribution in [2.75, 3.05) is 0 Å². The molecule has 0 saturated carbocycles. The number of ketones is 1. The van der Waals surface area contributed by atoms with Crippen LogP contribution in [-0.4, -0.2) is 10.8 Å². The van der Waals surface area contributed by atoms with Gasteiger partial charge in [-0.25, -0.2) is 4.98 Å². The van der Waals surface area contributed by atoms with Gasteiger partial charge in [-0.1, -0.05) is 48.0 Å². The highest BCUT2D eigenvalue weighted by Gasteiger charge is 2.10. The third-order valence-corrected chi connectivity index (χ3v) is 4.14. The fourth-order valence-corrected chi connectivity index (χ4v) is 2.92. The summed E-state index contributed by atoms with van der Waals surface area (Å²) in [4.78, 5) is 16.5. The highest BCUT2D eigenvalue weighted by molar-refractivity contribution is 7.07. The van der Waals surface area contributed by atoms with E-state index in [0.717, 1.165) is 16.8 Å². The van der Waals surface area contributed by atoms with Gasteiger partial charge in [0.15, 0.2) is 5.78 Å². The molecule has 0 aliphatic heterocycles. The first-order chi connectivity index (χ1) is 10.2. The summed E-state index contributed by atoms with van der Waals surface area (Å²) in [6, 6.07) is 15.0. The molecule has 0 fully saturated rings. The van der Waals surface area contributed by atoms with Crippen molar-refractivity contribution in [1.29, 1.82) is 0 Å². The molecule has 2 nitrogen and oxygen atoms in total. The molecule has 0 unspecified atom stereocenters. The molecular formula is C17H12ClNOS. The minimum Gasteiger partial charge on any atom is -0.294 e. The van der Waals surface area contributed by atoms with Crippen LogP contribution in [0.2, 0.25) is 5.02 Å². The van der Waals surface area contributed by atoms with E-state index in [1.165, 1.54) is 0 Å². The Bertz CT molecular complexity index is 751. The molecule has 0 atom stereocenters. The average Bonchev–Trinajstić information content (AvgIpc) is 3.02. The van der Waals surface area contributed by atoms with Crippen molar-refractivity contribution in [3.8, 4) is 11.3 Å². The van der Waals surface area contributed by atoms with E-state index in [2.05, 4.69) is 4.98 Å². The molecule has 0 bridgehead atoms. The summed E-state index contributed by atoms with van der Waals surface area (Å²) in [5.41, 5.74) is 5.38. The quantitative estimate of drug-likeness (QED) is 0.642. The smallest absolute Gasteiger partial charge is 0.168 e. The van der Waals surface area contributed by atoms with Crippen LogP contribution < -0.4 is 0 Å². The van der Waals surface area contributed by atoms with E-state index in [-0.39, 0.29) is 5.78 Å². The van der Waals surface area contributed by atoms with E-state index in [1.54, 1.807) is 23.5 Å². The number of thiazole rings is 1. The number of Topliss-reactive ketones (excluding diaryl/α,β-unsaturated/α-hetero) is 1. The number of hydrogen-bond acceptors (Lipinski definition) is 3. The van der Waals surface area contributed by atoms with E-state index in [1.807, 2.05) is 47.3 Å². The second kappa shape index (κ2) is 6.20. The van der Waals surface area contributed by atoms with Crippen LogP contribution in [-0.2, 0) is 6.42 Å². The highest BCUT2D eigenvalue weighted by atomic mass is 35.5. The maximum Gasteiger partial charge on any atom is 0.168 e. The topological polar surface area (TPSA) is 30.0 Å². The minimum atomic E-state index is 0.0296. The number of halogens is 1. The van der Waals surface area contributed by atoms with Gasteiger partial charge in [-0.15, -0.1) is 11.3 Å². The molecule has 0 amide bonds. The van der Waals surface area contributed by atoms with Gasteiger partial charge in [-0.3, -0.25) is 4.79 Å². The largest absolute Gasteiger partial charge is 0.294 e. The molecule has 1 aromatic heterocycles. The Morgan fingerprint density at radius 3 is 2.52 bits per heavy atom. The van der Waals surface area contributed by atoms with Crippen molar-refractivity contribution in [2.45, 2.75) is 6.42 Å². The third-order valence-electron chi connectivity index (χ3n) is 3.22. The van der Waals surface area contributed by atoms with Gasteiger partial charge in [-0.05, 0) is 17.7 Å². The number of benzene rings is 2. The summed E-state index contributed by atoms with van der Waals surface area (Å²) in [5, 5.41) is 2.51. The third kappa shape index (κ3) is 3.20. The second-order valence-electron chi connectivity index (χ2n) is 4.65. The summed E-state index contributed by atoms with van der Waals surface area (Å²) in [6.45, 7) is 0. The van der Waals surface area contributed by atoms with Crippen LogP contribution in [0.5, 0.6) is 0 Å². The molecule has 3 rings (SSSR count). The maximum atomic E-state index is 12.3. The number of rotatable bonds is 4. The van der Waals surface area contributed by atoms with Gasteiger partial charge in [0, 0.05) is 22.9 Å². The van der Waals surface area contributed by atoms with Crippen LogP contribution in [0.1, 0.15) is 15.9 Å². The zero-order valence-corrected chi connectivity index (χ0v) is 12.7. The van der Waals surface area contributed by atoms with Crippen molar-refractivity contribution in [2.24, 2.45) is 0 Å². The van der Waals surface area contributed by atoms with Gasteiger partial charge >= 0.3 is 0 Å². The van der Waals surface area contributed by atoms with Crippen molar-refractivity contribution >= 4 is 28.7 Å². The standard InChI is InChI=1S/C17H12ClNOS/c18-15-4-2-1-3-14(15)17(20)9-12-5-7-13(8-6-12)16-10-21-11-19-16/h1-8,10-11H,9H2. The SMILES string of the molecule is O=C(Cc1ccc(-c2cscn2)cc1)c1ccccc1Cl. The lowest BCUT2D eigenvalue weighted by molar-refractivity contribution is 0.0993. The number of nitrogens with zero attached hydrogens (tertiary/aromatic N) is 1. The normalized spacial score (nSPS) is 10.5. The molecule has 2 aromatic carbocycles. The number of carbonyl (C=O) groups is 1. The van der Waals surface area contributed by atoms with Gasteiger partial charge in [0.1, 0.15) is 0 Å². The van der Waals surface area contributed by atoms with Crippen LogP contribution in [0.15, 0.2) is 59.4 Å². The van der Waals surface area contributed by atoms with E-state index in [0.29, 0.717) is 17.0 Å². The molecule has 0 spiro atoms. The van der Waals surface area contributed by atoms with Crippen LogP contribution in [0.3, 0.4) is 0 Å². The summed E-state index contributed by atoms with van der Waals surface area (Å²) < 4.78 is 0. The molecule has 0 saturated heterocycles. The van der Waals surface area contributed by atoms with Gasteiger partial charge < -0.3 is 0 Å². The summed E-state index contributed by atoms with van der Waals surface area (Å²) in [6.07, 6.45) is 0.348. The molecule has 0 aliphatic rings. The van der Waals surface area contributed by atoms with Crippen molar-refractivity contribution in [3.63, 3.8) is 0 Å². The van der Waals surface area contributed by atoms with E-state index in [9.17, 15) is 4.79 Å². The fourth-order valence-electron chi connectivity index (χ4n) is 2.12. The molecular weight excluding hydrogens is 302 g/mol. The Balaban J connectivity index is 1.77. The van der Waals surface area contributed by atoms with Gasteiger partial charge in [0.25, 0.3) is 0 Å². The molecule has 0 N–H and O–H groups in total. The first-order valence-electron chi connectivity index (χ1n) is 6.49. The van der Waals surface area contributed by atoms with E-state index in [4.69, 9.17) is 11.6 Å². The number of aromatic nitrogens is 1. The van der Waals surface area contributed by atoms with E-state index < -0.39 is 0 Å². The lowest BCUT2D eigenvalue weighted by atomic mass is 10.0. The lowest BCUT2D eigenvalue weighted by Crippen LogP contribution is -2.04. The number of hydrogen-bond donors (Lipinski definition) is 0. The first kappa shape index (κ1) is 14.0. The predicted molar refractivity (Wildman–Crippen MR) is 87.0 cm³/mol. The molecule has 0 radical (unpaired) electrons. The van der Waals surface area contributed by atoms with Crippen LogP contribution >= 0.6 is 22.9 Å². The van der Waals surface area contributed by atoms with E-state index >= 15 is 0 Å². The molecule has 0 aliphatic carbocycles. The molecule has 1 heterocycles. The Hall–Kier alpha value is -1.97. The van der Waals surface area contributed by atoms with Crippen LogP contribution in [0.25, 0.3) is 11.3 Å². The van der Waals surface area contributed by atoms with Crippen LogP contribution in [0, 0.1) is 0 Å². The zero-order chi connectivity index (χ0) is 14.7.